The third-order valence-electron chi connectivity index (χ3n) is 3.00. The summed E-state index contributed by atoms with van der Waals surface area (Å²) in [7, 11) is -2.68. The van der Waals surface area contributed by atoms with Crippen LogP contribution in [0.5, 0.6) is 0 Å². The van der Waals surface area contributed by atoms with Crippen LogP contribution in [0.15, 0.2) is 17.0 Å². The Morgan fingerprint density at radius 2 is 2.00 bits per heavy atom. The first-order valence-electron chi connectivity index (χ1n) is 6.45. The van der Waals surface area contributed by atoms with Crippen molar-refractivity contribution in [3.8, 4) is 0 Å². The number of amides is 1. The molecule has 0 aliphatic carbocycles. The van der Waals surface area contributed by atoms with Crippen molar-refractivity contribution in [2.45, 2.75) is 31.1 Å². The number of benzene rings is 1. The molecule has 0 fully saturated rings. The number of rotatable bonds is 6. The second-order valence-corrected chi connectivity index (χ2v) is 6.68. The average molecular weight is 337 g/mol. The van der Waals surface area contributed by atoms with Crippen LogP contribution >= 0.6 is 11.6 Å². The van der Waals surface area contributed by atoms with Gasteiger partial charge in [-0.3, -0.25) is 4.79 Å². The first-order chi connectivity index (χ1) is 9.68. The molecule has 0 radical (unpaired) electrons. The molecule has 5 nitrogen and oxygen atoms in total. The van der Waals surface area contributed by atoms with E-state index >= 15 is 0 Å². The lowest BCUT2D eigenvalue weighted by Gasteiger charge is -2.18. The van der Waals surface area contributed by atoms with Crippen LogP contribution in [0, 0.1) is 5.82 Å². The van der Waals surface area contributed by atoms with Gasteiger partial charge in [0.15, 0.2) is 0 Å². The van der Waals surface area contributed by atoms with E-state index in [-0.39, 0.29) is 10.6 Å². The van der Waals surface area contributed by atoms with Crippen LogP contribution in [0.3, 0.4) is 0 Å². The lowest BCUT2D eigenvalue weighted by Crippen LogP contribution is -2.28. The van der Waals surface area contributed by atoms with Crippen molar-refractivity contribution in [2.24, 2.45) is 5.14 Å². The summed E-state index contributed by atoms with van der Waals surface area (Å²) in [6.07, 6.45) is 2.80. The SMILES string of the molecule is CCCCCN(C)C(=O)c1cc(S(N)(=O)=O)c(F)cc1Cl. The second kappa shape index (κ2) is 7.20. The molecule has 118 valence electrons. The van der Waals surface area contributed by atoms with Crippen molar-refractivity contribution in [3.05, 3.63) is 28.5 Å². The molecule has 1 aromatic carbocycles. The lowest BCUT2D eigenvalue weighted by molar-refractivity contribution is 0.0792. The van der Waals surface area contributed by atoms with Crippen molar-refractivity contribution in [1.29, 1.82) is 0 Å². The lowest BCUT2D eigenvalue weighted by atomic mass is 10.2. The van der Waals surface area contributed by atoms with Crippen LogP contribution < -0.4 is 5.14 Å². The molecule has 0 bridgehead atoms. The van der Waals surface area contributed by atoms with Gasteiger partial charge >= 0.3 is 0 Å². The number of nitrogens with two attached hydrogens (primary N) is 1. The molecule has 2 N–H and O–H groups in total. The number of hydrogen-bond acceptors (Lipinski definition) is 3. The van der Waals surface area contributed by atoms with E-state index in [1.807, 2.05) is 6.92 Å². The molecule has 0 aromatic heterocycles. The Morgan fingerprint density at radius 1 is 1.38 bits per heavy atom. The first-order valence-corrected chi connectivity index (χ1v) is 8.38. The molecule has 0 aliphatic rings. The minimum absolute atomic E-state index is 0.0823. The van der Waals surface area contributed by atoms with E-state index in [1.54, 1.807) is 7.05 Å². The number of halogens is 2. The number of primary sulfonamides is 1. The first kappa shape index (κ1) is 17.9. The predicted molar refractivity (Wildman–Crippen MR) is 79.3 cm³/mol. The molecule has 1 rings (SSSR count). The molecule has 0 saturated heterocycles. The van der Waals surface area contributed by atoms with Gasteiger partial charge in [-0.2, -0.15) is 0 Å². The monoisotopic (exact) mass is 336 g/mol. The van der Waals surface area contributed by atoms with Crippen LogP contribution in [-0.4, -0.2) is 32.8 Å². The molecule has 0 heterocycles. The molecule has 21 heavy (non-hydrogen) atoms. The van der Waals surface area contributed by atoms with E-state index in [2.05, 4.69) is 0 Å². The topological polar surface area (TPSA) is 80.5 Å². The third kappa shape index (κ3) is 4.66. The van der Waals surface area contributed by atoms with E-state index in [4.69, 9.17) is 16.7 Å². The molecule has 1 amide bonds. The maximum absolute atomic E-state index is 13.6. The largest absolute Gasteiger partial charge is 0.342 e. The summed E-state index contributed by atoms with van der Waals surface area (Å²) in [6.45, 7) is 2.54. The molecular weight excluding hydrogens is 319 g/mol. The quantitative estimate of drug-likeness (QED) is 0.810. The van der Waals surface area contributed by atoms with Crippen LogP contribution in [0.2, 0.25) is 5.02 Å². The highest BCUT2D eigenvalue weighted by atomic mass is 35.5. The van der Waals surface area contributed by atoms with Gasteiger partial charge in [-0.25, -0.2) is 17.9 Å². The number of nitrogens with zero attached hydrogens (tertiary/aromatic N) is 1. The van der Waals surface area contributed by atoms with Gasteiger partial charge in [0.05, 0.1) is 10.6 Å². The Morgan fingerprint density at radius 3 is 2.52 bits per heavy atom. The minimum atomic E-state index is -4.26. The Labute approximate surface area is 128 Å². The Balaban J connectivity index is 3.10. The molecule has 0 spiro atoms. The molecule has 8 heteroatoms. The smallest absolute Gasteiger partial charge is 0.255 e. The molecule has 0 unspecified atom stereocenters. The Bertz CT molecular complexity index is 635. The molecule has 0 aliphatic heterocycles. The van der Waals surface area contributed by atoms with Gasteiger partial charge in [0.1, 0.15) is 10.7 Å². The van der Waals surface area contributed by atoms with Gasteiger partial charge in [-0.05, 0) is 18.6 Å². The van der Waals surface area contributed by atoms with Gasteiger partial charge in [-0.15, -0.1) is 0 Å². The van der Waals surface area contributed by atoms with Gasteiger partial charge in [0.2, 0.25) is 10.0 Å². The van der Waals surface area contributed by atoms with Crippen molar-refractivity contribution < 1.29 is 17.6 Å². The van der Waals surface area contributed by atoms with E-state index in [1.165, 1.54) is 4.90 Å². The molecule has 0 atom stereocenters. The number of sulfonamides is 1. The highest BCUT2D eigenvalue weighted by molar-refractivity contribution is 7.89. The predicted octanol–water partition coefficient (Wildman–Crippen LogP) is 2.39. The van der Waals surface area contributed by atoms with Crippen molar-refractivity contribution in [2.75, 3.05) is 13.6 Å². The van der Waals surface area contributed by atoms with Crippen LogP contribution in [0.1, 0.15) is 36.5 Å². The fourth-order valence-electron chi connectivity index (χ4n) is 1.82. The van der Waals surface area contributed by atoms with Gasteiger partial charge < -0.3 is 4.90 Å². The normalized spacial score (nSPS) is 11.5. The summed E-state index contributed by atoms with van der Waals surface area (Å²) in [6, 6.07) is 1.67. The zero-order chi connectivity index (χ0) is 16.2. The fourth-order valence-corrected chi connectivity index (χ4v) is 2.66. The number of carbonyl (C=O) groups excluding carboxylic acids is 1. The number of unbranched alkanes of at least 4 members (excludes halogenated alkanes) is 2. The minimum Gasteiger partial charge on any atom is -0.342 e. The van der Waals surface area contributed by atoms with Crippen molar-refractivity contribution in [1.82, 2.24) is 4.90 Å². The second-order valence-electron chi connectivity index (χ2n) is 4.74. The summed E-state index contributed by atoms with van der Waals surface area (Å²) >= 11 is 5.83. The van der Waals surface area contributed by atoms with E-state index < -0.39 is 26.6 Å². The molecule has 0 saturated carbocycles. The summed E-state index contributed by atoms with van der Waals surface area (Å²) in [5, 5.41) is 4.77. The Kier molecular flexibility index (Phi) is 6.12. The van der Waals surface area contributed by atoms with Gasteiger partial charge in [0, 0.05) is 13.6 Å². The zero-order valence-corrected chi connectivity index (χ0v) is 13.5. The maximum atomic E-state index is 13.6. The van der Waals surface area contributed by atoms with Crippen molar-refractivity contribution >= 4 is 27.5 Å². The summed E-state index contributed by atoms with van der Waals surface area (Å²) < 4.78 is 36.2. The average Bonchev–Trinajstić information content (AvgIpc) is 2.36. The summed E-state index contributed by atoms with van der Waals surface area (Å²) in [5.41, 5.74) is -0.0823. The van der Waals surface area contributed by atoms with Crippen molar-refractivity contribution in [3.63, 3.8) is 0 Å². The van der Waals surface area contributed by atoms with Crippen LogP contribution in [0.4, 0.5) is 4.39 Å². The van der Waals surface area contributed by atoms with Crippen LogP contribution in [-0.2, 0) is 10.0 Å². The number of hydrogen-bond donors (Lipinski definition) is 1. The van der Waals surface area contributed by atoms with Gasteiger partial charge in [-0.1, -0.05) is 31.4 Å². The number of carbonyl (C=O) groups is 1. The van der Waals surface area contributed by atoms with Crippen LogP contribution in [0.25, 0.3) is 0 Å². The standard InChI is InChI=1S/C13H18ClFN2O3S/c1-3-4-5-6-17(2)13(18)9-7-12(21(16,19)20)11(15)8-10(9)14/h7-8H,3-6H2,1-2H3,(H2,16,19,20). The van der Waals surface area contributed by atoms with E-state index in [0.29, 0.717) is 6.54 Å². The zero-order valence-electron chi connectivity index (χ0n) is 11.9. The highest BCUT2D eigenvalue weighted by Gasteiger charge is 2.22. The van der Waals surface area contributed by atoms with E-state index in [0.717, 1.165) is 31.4 Å². The van der Waals surface area contributed by atoms with Gasteiger partial charge in [0.25, 0.3) is 5.91 Å². The third-order valence-corrected chi connectivity index (χ3v) is 4.24. The maximum Gasteiger partial charge on any atom is 0.255 e. The summed E-state index contributed by atoms with van der Waals surface area (Å²) in [5.74, 6) is -1.55. The molecule has 1 aromatic rings. The fraction of sp³-hybridized carbons (Fsp3) is 0.462. The highest BCUT2D eigenvalue weighted by Crippen LogP contribution is 2.24. The Hall–Kier alpha value is -1.18. The van der Waals surface area contributed by atoms with E-state index in [9.17, 15) is 17.6 Å². The summed E-state index contributed by atoms with van der Waals surface area (Å²) in [4.78, 5) is 12.9. The molecular formula is C13H18ClFN2O3S.